The van der Waals surface area contributed by atoms with Crippen LogP contribution in [0.1, 0.15) is 40.7 Å². The van der Waals surface area contributed by atoms with Gasteiger partial charge in [0.25, 0.3) is 0 Å². The van der Waals surface area contributed by atoms with Gasteiger partial charge in [0.15, 0.2) is 12.1 Å². The van der Waals surface area contributed by atoms with Crippen molar-refractivity contribution in [2.75, 3.05) is 6.61 Å². The van der Waals surface area contributed by atoms with E-state index in [1.807, 2.05) is 0 Å². The molecule has 2 aromatic carbocycles. The maximum Gasteiger partial charge on any atom is 0.199 e. The Labute approximate surface area is 140 Å². The van der Waals surface area contributed by atoms with Gasteiger partial charge in [-0.3, -0.25) is 4.79 Å². The van der Waals surface area contributed by atoms with E-state index in [1.54, 1.807) is 13.0 Å². The number of phenols is 2. The fourth-order valence-electron chi connectivity index (χ4n) is 2.71. The number of aryl methyl sites for hydroxylation is 1. The molecule has 0 spiro atoms. The number of rotatable bonds is 4. The van der Waals surface area contributed by atoms with E-state index in [-0.39, 0.29) is 29.1 Å². The first-order chi connectivity index (χ1) is 11.5. The summed E-state index contributed by atoms with van der Waals surface area (Å²) in [5, 5.41) is 19.6. The molecular formula is C19H19O5. The third kappa shape index (κ3) is 3.51. The average Bonchev–Trinajstić information content (AvgIpc) is 2.55. The molecule has 1 saturated heterocycles. The monoisotopic (exact) mass is 327 g/mol. The van der Waals surface area contributed by atoms with Crippen molar-refractivity contribution in [2.45, 2.75) is 32.5 Å². The number of hydrogen-bond donors (Lipinski definition) is 2. The van der Waals surface area contributed by atoms with Crippen LogP contribution in [0.4, 0.5) is 0 Å². The van der Waals surface area contributed by atoms with Crippen molar-refractivity contribution in [3.8, 4) is 17.2 Å². The fraction of sp³-hybridized carbons (Fsp3) is 0.316. The second-order valence-corrected chi connectivity index (χ2v) is 5.80. The summed E-state index contributed by atoms with van der Waals surface area (Å²) in [4.78, 5) is 12.6. The molecule has 1 atom stereocenters. The van der Waals surface area contributed by atoms with Gasteiger partial charge in [0, 0.05) is 24.1 Å². The van der Waals surface area contributed by atoms with E-state index in [9.17, 15) is 15.0 Å². The van der Waals surface area contributed by atoms with Crippen LogP contribution in [-0.4, -0.2) is 28.9 Å². The largest absolute Gasteiger partial charge is 0.507 e. The van der Waals surface area contributed by atoms with Gasteiger partial charge in [0.1, 0.15) is 17.2 Å². The predicted octanol–water partition coefficient (Wildman–Crippen LogP) is 3.34. The van der Waals surface area contributed by atoms with Gasteiger partial charge in [-0.25, -0.2) is 0 Å². The number of hydrogen-bond acceptors (Lipinski definition) is 5. The van der Waals surface area contributed by atoms with Crippen molar-refractivity contribution < 1.29 is 24.5 Å². The van der Waals surface area contributed by atoms with Crippen molar-refractivity contribution in [3.05, 3.63) is 53.1 Å². The second-order valence-electron chi connectivity index (χ2n) is 5.80. The minimum Gasteiger partial charge on any atom is -0.507 e. The van der Waals surface area contributed by atoms with Gasteiger partial charge in [-0.15, -0.1) is 0 Å². The van der Waals surface area contributed by atoms with Crippen LogP contribution in [0.25, 0.3) is 0 Å². The Balaban J connectivity index is 1.80. The first-order valence-corrected chi connectivity index (χ1v) is 7.92. The highest BCUT2D eigenvalue weighted by atomic mass is 16.7. The van der Waals surface area contributed by atoms with Crippen molar-refractivity contribution in [1.29, 1.82) is 0 Å². The Morgan fingerprint density at radius 2 is 2.00 bits per heavy atom. The smallest absolute Gasteiger partial charge is 0.199 e. The number of carbonyl (C=O) groups is 1. The fourth-order valence-corrected chi connectivity index (χ4v) is 2.71. The van der Waals surface area contributed by atoms with Gasteiger partial charge >= 0.3 is 0 Å². The molecule has 1 unspecified atom stereocenters. The molecule has 0 amide bonds. The summed E-state index contributed by atoms with van der Waals surface area (Å²) in [5.74, 6) is -0.0445. The van der Waals surface area contributed by atoms with Crippen LogP contribution in [0.5, 0.6) is 17.2 Å². The summed E-state index contributed by atoms with van der Waals surface area (Å²) in [6.45, 7) is 2.35. The molecule has 1 heterocycles. The lowest BCUT2D eigenvalue weighted by molar-refractivity contribution is -0.105. The van der Waals surface area contributed by atoms with Crippen molar-refractivity contribution in [3.63, 3.8) is 0 Å². The Kier molecular flexibility index (Phi) is 4.71. The Morgan fingerprint density at radius 1 is 1.21 bits per heavy atom. The molecule has 2 N–H and O–H groups in total. The summed E-state index contributed by atoms with van der Waals surface area (Å²) < 4.78 is 11.2. The minimum absolute atomic E-state index is 0.0236. The zero-order valence-corrected chi connectivity index (χ0v) is 13.4. The lowest BCUT2D eigenvalue weighted by Gasteiger charge is -2.23. The SMILES string of the molecule is Cc1[c]c(O)ccc1C(=O)c1ccc(OC2CCCCO2)cc1O. The molecule has 1 radical (unpaired) electrons. The summed E-state index contributed by atoms with van der Waals surface area (Å²) in [7, 11) is 0. The number of phenolic OH excluding ortho intramolecular Hbond substituents is 2. The molecule has 2 aromatic rings. The Hall–Kier alpha value is -2.53. The van der Waals surface area contributed by atoms with Crippen LogP contribution in [-0.2, 0) is 4.74 Å². The zero-order chi connectivity index (χ0) is 17.1. The van der Waals surface area contributed by atoms with E-state index in [2.05, 4.69) is 6.07 Å². The molecule has 0 bridgehead atoms. The molecule has 125 valence electrons. The number of ketones is 1. The summed E-state index contributed by atoms with van der Waals surface area (Å²) in [5.41, 5.74) is 1.08. The van der Waals surface area contributed by atoms with E-state index in [0.29, 0.717) is 23.5 Å². The summed E-state index contributed by atoms with van der Waals surface area (Å²) in [6, 6.07) is 10.2. The van der Waals surface area contributed by atoms with Crippen molar-refractivity contribution in [2.24, 2.45) is 0 Å². The molecule has 0 aliphatic carbocycles. The van der Waals surface area contributed by atoms with Crippen LogP contribution in [0.3, 0.4) is 0 Å². The summed E-state index contributed by atoms with van der Waals surface area (Å²) >= 11 is 0. The minimum atomic E-state index is -0.332. The lowest BCUT2D eigenvalue weighted by atomic mass is 9.98. The molecule has 24 heavy (non-hydrogen) atoms. The second kappa shape index (κ2) is 6.93. The Bertz CT molecular complexity index is 747. The maximum atomic E-state index is 12.6. The molecule has 1 aliphatic heterocycles. The van der Waals surface area contributed by atoms with E-state index < -0.39 is 0 Å². The number of aromatic hydroxyl groups is 2. The van der Waals surface area contributed by atoms with Gasteiger partial charge < -0.3 is 19.7 Å². The quantitative estimate of drug-likeness (QED) is 0.842. The maximum absolute atomic E-state index is 12.6. The van der Waals surface area contributed by atoms with E-state index in [0.717, 1.165) is 19.3 Å². The van der Waals surface area contributed by atoms with Crippen molar-refractivity contribution in [1.82, 2.24) is 0 Å². The molecule has 0 aromatic heterocycles. The number of benzene rings is 2. The van der Waals surface area contributed by atoms with Gasteiger partial charge in [0.05, 0.1) is 12.2 Å². The third-order valence-electron chi connectivity index (χ3n) is 3.99. The molecule has 5 heteroatoms. The number of carbonyl (C=O) groups excluding carboxylic acids is 1. The van der Waals surface area contributed by atoms with E-state index >= 15 is 0 Å². The lowest BCUT2D eigenvalue weighted by Crippen LogP contribution is -2.24. The van der Waals surface area contributed by atoms with Gasteiger partial charge in [-0.1, -0.05) is 0 Å². The third-order valence-corrected chi connectivity index (χ3v) is 3.99. The molecule has 0 saturated carbocycles. The molecule has 1 aliphatic rings. The topological polar surface area (TPSA) is 76.0 Å². The normalized spacial score (nSPS) is 17.5. The van der Waals surface area contributed by atoms with Gasteiger partial charge in [-0.05, 0) is 49.6 Å². The predicted molar refractivity (Wildman–Crippen MR) is 87.4 cm³/mol. The highest BCUT2D eigenvalue weighted by Gasteiger charge is 2.19. The number of ether oxygens (including phenoxy) is 2. The van der Waals surface area contributed by atoms with Crippen LogP contribution in [0.2, 0.25) is 0 Å². The average molecular weight is 327 g/mol. The summed E-state index contributed by atoms with van der Waals surface area (Å²) in [6.07, 6.45) is 2.57. The van der Waals surface area contributed by atoms with Gasteiger partial charge in [-0.2, -0.15) is 0 Å². The van der Waals surface area contributed by atoms with Crippen LogP contribution in [0.15, 0.2) is 30.3 Å². The van der Waals surface area contributed by atoms with Gasteiger partial charge in [0.2, 0.25) is 0 Å². The van der Waals surface area contributed by atoms with Crippen molar-refractivity contribution >= 4 is 5.78 Å². The molecule has 3 rings (SSSR count). The first kappa shape index (κ1) is 16.3. The highest BCUT2D eigenvalue weighted by Crippen LogP contribution is 2.29. The highest BCUT2D eigenvalue weighted by molar-refractivity contribution is 6.11. The van der Waals surface area contributed by atoms with E-state index in [4.69, 9.17) is 9.47 Å². The molecule has 1 fully saturated rings. The van der Waals surface area contributed by atoms with E-state index in [1.165, 1.54) is 24.3 Å². The van der Waals surface area contributed by atoms with Crippen LogP contribution >= 0.6 is 0 Å². The zero-order valence-electron chi connectivity index (χ0n) is 13.4. The molecular weight excluding hydrogens is 308 g/mol. The van der Waals surface area contributed by atoms with Crippen LogP contribution < -0.4 is 4.74 Å². The van der Waals surface area contributed by atoms with Crippen LogP contribution in [0, 0.1) is 13.0 Å². The first-order valence-electron chi connectivity index (χ1n) is 7.92. The Morgan fingerprint density at radius 3 is 2.67 bits per heavy atom. The standard InChI is InChI=1S/C19H19O5/c1-12-10-13(20)5-7-15(12)19(22)16-8-6-14(11-17(16)21)24-18-4-2-3-9-23-18/h5-8,11,18,20-21H,2-4,9H2,1H3. The molecule has 5 nitrogen and oxygen atoms in total.